The molecule has 0 saturated carbocycles. The average molecular weight is 324 g/mol. The highest BCUT2D eigenvalue weighted by Crippen LogP contribution is 2.28. The van der Waals surface area contributed by atoms with Crippen LogP contribution in [-0.2, 0) is 0 Å². The zero-order valence-corrected chi connectivity index (χ0v) is 12.4. The van der Waals surface area contributed by atoms with E-state index in [-0.39, 0.29) is 18.4 Å². The third kappa shape index (κ3) is 5.25. The van der Waals surface area contributed by atoms with Crippen molar-refractivity contribution in [2.75, 3.05) is 13.7 Å². The molecule has 3 nitrogen and oxygen atoms in total. The van der Waals surface area contributed by atoms with Gasteiger partial charge in [-0.3, -0.25) is 0 Å². The summed E-state index contributed by atoms with van der Waals surface area (Å²) < 4.78 is 6.22. The quantitative estimate of drug-likeness (QED) is 0.791. The lowest BCUT2D eigenvalue weighted by Crippen LogP contribution is -2.12. The van der Waals surface area contributed by atoms with E-state index >= 15 is 0 Å². The van der Waals surface area contributed by atoms with Crippen molar-refractivity contribution in [1.82, 2.24) is 0 Å². The summed E-state index contributed by atoms with van der Waals surface area (Å²) in [6.07, 6.45) is 3.03. The molecule has 0 aromatic heterocycles. The summed E-state index contributed by atoms with van der Waals surface area (Å²) in [6.45, 7) is 0.728. The van der Waals surface area contributed by atoms with E-state index in [2.05, 4.69) is 15.9 Å². The second kappa shape index (κ2) is 8.75. The number of rotatable bonds is 6. The molecule has 5 heteroatoms. The predicted molar refractivity (Wildman–Crippen MR) is 77.8 cm³/mol. The molecule has 0 aliphatic heterocycles. The Bertz CT molecular complexity index is 336. The molecule has 1 atom stereocenters. The lowest BCUT2D eigenvalue weighted by atomic mass is 10.0. The number of nitrogens with two attached hydrogens (primary N) is 2. The Kier molecular flexibility index (Phi) is 8.60. The number of ether oxygens (including phenoxy) is 1. The largest absolute Gasteiger partial charge is 0.497 e. The molecule has 0 radical (unpaired) electrons. The van der Waals surface area contributed by atoms with Crippen LogP contribution in [0.3, 0.4) is 0 Å². The van der Waals surface area contributed by atoms with E-state index in [9.17, 15) is 0 Å². The Morgan fingerprint density at radius 1 is 1.35 bits per heavy atom. The van der Waals surface area contributed by atoms with E-state index in [4.69, 9.17) is 16.2 Å². The first kappa shape index (κ1) is 16.7. The standard InChI is InChI=1S/C12H19BrN2O.ClH/c1-16-9-5-6-11(13)10(8-9)12(15)4-2-3-7-14;/h5-6,8,12H,2-4,7,14-15H2,1H3;1H/t12-;/m0./s1. The van der Waals surface area contributed by atoms with Crippen LogP contribution in [-0.4, -0.2) is 13.7 Å². The van der Waals surface area contributed by atoms with Gasteiger partial charge < -0.3 is 16.2 Å². The molecule has 98 valence electrons. The molecule has 1 aromatic carbocycles. The first-order chi connectivity index (χ1) is 7.69. The van der Waals surface area contributed by atoms with Gasteiger partial charge >= 0.3 is 0 Å². The number of hydrogen-bond acceptors (Lipinski definition) is 3. The molecule has 1 rings (SSSR count). The highest BCUT2D eigenvalue weighted by atomic mass is 79.9. The second-order valence-electron chi connectivity index (χ2n) is 3.78. The Labute approximate surface area is 117 Å². The molecule has 0 amide bonds. The molecule has 1 aromatic rings. The van der Waals surface area contributed by atoms with Gasteiger partial charge in [0.2, 0.25) is 0 Å². The molecule has 0 bridgehead atoms. The minimum absolute atomic E-state index is 0. The fourth-order valence-corrected chi connectivity index (χ4v) is 2.14. The van der Waals surface area contributed by atoms with E-state index in [1.165, 1.54) is 0 Å². The van der Waals surface area contributed by atoms with Crippen molar-refractivity contribution < 1.29 is 4.74 Å². The molecule has 0 aliphatic rings. The van der Waals surface area contributed by atoms with Crippen molar-refractivity contribution >= 4 is 28.3 Å². The normalized spacial score (nSPS) is 11.8. The molecule has 0 fully saturated rings. The zero-order valence-electron chi connectivity index (χ0n) is 9.99. The lowest BCUT2D eigenvalue weighted by molar-refractivity contribution is 0.413. The van der Waals surface area contributed by atoms with Gasteiger partial charge in [0.1, 0.15) is 5.75 Å². The summed E-state index contributed by atoms with van der Waals surface area (Å²) in [4.78, 5) is 0. The molecule has 4 N–H and O–H groups in total. The molecule has 0 spiro atoms. The first-order valence-corrected chi connectivity index (χ1v) is 6.27. The van der Waals surface area contributed by atoms with E-state index in [0.29, 0.717) is 0 Å². The van der Waals surface area contributed by atoms with E-state index in [0.717, 1.165) is 41.6 Å². The van der Waals surface area contributed by atoms with Gasteiger partial charge in [-0.15, -0.1) is 12.4 Å². The Balaban J connectivity index is 0.00000256. The van der Waals surface area contributed by atoms with Gasteiger partial charge in [0, 0.05) is 10.5 Å². The third-order valence-corrected chi connectivity index (χ3v) is 3.29. The average Bonchev–Trinajstić information content (AvgIpc) is 2.30. The molecule has 0 saturated heterocycles. The van der Waals surface area contributed by atoms with Gasteiger partial charge in [-0.1, -0.05) is 22.4 Å². The topological polar surface area (TPSA) is 61.3 Å². The maximum absolute atomic E-state index is 6.13. The fourth-order valence-electron chi connectivity index (χ4n) is 1.60. The van der Waals surface area contributed by atoms with Gasteiger partial charge in [0.15, 0.2) is 0 Å². The number of hydrogen-bond donors (Lipinski definition) is 2. The molecule has 0 aliphatic carbocycles. The molecule has 0 unspecified atom stereocenters. The Hall–Kier alpha value is -0.290. The van der Waals surface area contributed by atoms with Crippen LogP contribution in [0.25, 0.3) is 0 Å². The number of unbranched alkanes of at least 4 members (excludes halogenated alkanes) is 1. The summed E-state index contributed by atoms with van der Waals surface area (Å²) in [5.41, 5.74) is 12.7. The summed E-state index contributed by atoms with van der Waals surface area (Å²) in [5, 5.41) is 0. The van der Waals surface area contributed by atoms with Crippen molar-refractivity contribution in [3.8, 4) is 5.75 Å². The van der Waals surface area contributed by atoms with Gasteiger partial charge in [-0.25, -0.2) is 0 Å². The second-order valence-corrected chi connectivity index (χ2v) is 4.63. The highest BCUT2D eigenvalue weighted by molar-refractivity contribution is 9.10. The summed E-state index contributed by atoms with van der Waals surface area (Å²) >= 11 is 3.51. The zero-order chi connectivity index (χ0) is 12.0. The predicted octanol–water partition coefficient (Wildman–Crippen LogP) is 3.01. The number of benzene rings is 1. The van der Waals surface area contributed by atoms with E-state index in [1.807, 2.05) is 18.2 Å². The van der Waals surface area contributed by atoms with E-state index < -0.39 is 0 Å². The van der Waals surface area contributed by atoms with Gasteiger partial charge in [-0.05, 0) is 43.1 Å². The van der Waals surface area contributed by atoms with Crippen LogP contribution in [0.2, 0.25) is 0 Å². The molecular formula is C12H20BrClN2O. The fraction of sp³-hybridized carbons (Fsp3) is 0.500. The first-order valence-electron chi connectivity index (χ1n) is 5.48. The Morgan fingerprint density at radius 3 is 2.65 bits per heavy atom. The maximum atomic E-state index is 6.13. The third-order valence-electron chi connectivity index (χ3n) is 2.57. The van der Waals surface area contributed by atoms with Crippen LogP contribution in [0.5, 0.6) is 5.75 Å². The molecule has 0 heterocycles. The highest BCUT2D eigenvalue weighted by Gasteiger charge is 2.10. The van der Waals surface area contributed by atoms with Crippen molar-refractivity contribution in [1.29, 1.82) is 0 Å². The summed E-state index contributed by atoms with van der Waals surface area (Å²) in [7, 11) is 1.66. The van der Waals surface area contributed by atoms with Crippen LogP contribution >= 0.6 is 28.3 Å². The van der Waals surface area contributed by atoms with Crippen LogP contribution in [0.1, 0.15) is 30.9 Å². The number of methoxy groups -OCH3 is 1. The maximum Gasteiger partial charge on any atom is 0.119 e. The SMILES string of the molecule is COc1ccc(Br)c([C@@H](N)CCCCN)c1.Cl. The monoisotopic (exact) mass is 322 g/mol. The van der Waals surface area contributed by atoms with Crippen molar-refractivity contribution in [2.45, 2.75) is 25.3 Å². The smallest absolute Gasteiger partial charge is 0.119 e. The van der Waals surface area contributed by atoms with Gasteiger partial charge in [0.25, 0.3) is 0 Å². The van der Waals surface area contributed by atoms with Gasteiger partial charge in [-0.2, -0.15) is 0 Å². The minimum atomic E-state index is 0. The summed E-state index contributed by atoms with van der Waals surface area (Å²) in [6, 6.07) is 5.91. The van der Waals surface area contributed by atoms with Crippen molar-refractivity contribution in [2.24, 2.45) is 11.5 Å². The van der Waals surface area contributed by atoms with Crippen LogP contribution in [0, 0.1) is 0 Å². The Morgan fingerprint density at radius 2 is 2.06 bits per heavy atom. The molecule has 17 heavy (non-hydrogen) atoms. The van der Waals surface area contributed by atoms with Crippen molar-refractivity contribution in [3.05, 3.63) is 28.2 Å². The minimum Gasteiger partial charge on any atom is -0.497 e. The number of halogens is 2. The van der Waals surface area contributed by atoms with Crippen LogP contribution in [0.15, 0.2) is 22.7 Å². The van der Waals surface area contributed by atoms with Crippen LogP contribution in [0.4, 0.5) is 0 Å². The van der Waals surface area contributed by atoms with E-state index in [1.54, 1.807) is 7.11 Å². The molecular weight excluding hydrogens is 304 g/mol. The van der Waals surface area contributed by atoms with Gasteiger partial charge in [0.05, 0.1) is 7.11 Å². The lowest BCUT2D eigenvalue weighted by Gasteiger charge is -2.14. The van der Waals surface area contributed by atoms with Crippen molar-refractivity contribution in [3.63, 3.8) is 0 Å². The summed E-state index contributed by atoms with van der Waals surface area (Å²) in [5.74, 6) is 0.840. The van der Waals surface area contributed by atoms with Crippen LogP contribution < -0.4 is 16.2 Å².